The fraction of sp³-hybridized carbons (Fsp3) is 0.667. The van der Waals surface area contributed by atoms with Crippen molar-refractivity contribution >= 4 is 14.2 Å². The summed E-state index contributed by atoms with van der Waals surface area (Å²) >= 11 is 0. The molecule has 80 valence electrons. The van der Waals surface area contributed by atoms with Crippen LogP contribution in [0, 0.1) is 0 Å². The van der Waals surface area contributed by atoms with Gasteiger partial charge in [-0.1, -0.05) is 51.6 Å². The van der Waals surface area contributed by atoms with Gasteiger partial charge in [0.1, 0.15) is 8.80 Å². The Labute approximate surface area is 89.1 Å². The molecule has 0 aliphatic heterocycles. The minimum absolute atomic E-state index is 0.745. The van der Waals surface area contributed by atoms with Crippen molar-refractivity contribution in [2.24, 2.45) is 0 Å². The van der Waals surface area contributed by atoms with Gasteiger partial charge in [0.05, 0.1) is 11.6 Å². The summed E-state index contributed by atoms with van der Waals surface area (Å²) in [5, 5.41) is 1.33. The van der Waals surface area contributed by atoms with Gasteiger partial charge in [-0.25, -0.2) is 0 Å². The van der Waals surface area contributed by atoms with Gasteiger partial charge in [-0.15, -0.1) is 0 Å². The van der Waals surface area contributed by atoms with Gasteiger partial charge in [-0.05, 0) is 12.1 Å². The standard InChI is InChI=1S/C12H22OSi/c1-3-5-10-14(11-6-4-2)12-8-7-9-13-12/h7-9,14H,3-6,10-11H2,1-2H3. The highest BCUT2D eigenvalue weighted by molar-refractivity contribution is 6.71. The summed E-state index contributed by atoms with van der Waals surface area (Å²) in [7, 11) is -0.745. The van der Waals surface area contributed by atoms with Crippen LogP contribution in [0.4, 0.5) is 0 Å². The smallest absolute Gasteiger partial charge is 0.116 e. The number of rotatable bonds is 7. The van der Waals surface area contributed by atoms with Crippen molar-refractivity contribution in [1.82, 2.24) is 0 Å². The maximum atomic E-state index is 5.55. The molecule has 1 aromatic rings. The van der Waals surface area contributed by atoms with Crippen LogP contribution in [0.2, 0.25) is 12.1 Å². The molecule has 0 amide bonds. The van der Waals surface area contributed by atoms with E-state index < -0.39 is 8.80 Å². The summed E-state index contributed by atoms with van der Waals surface area (Å²) in [4.78, 5) is 0. The Hall–Kier alpha value is -0.503. The van der Waals surface area contributed by atoms with Gasteiger partial charge < -0.3 is 4.42 Å². The molecule has 0 atom stereocenters. The average Bonchev–Trinajstić information content (AvgIpc) is 2.71. The third-order valence-electron chi connectivity index (χ3n) is 2.76. The highest BCUT2D eigenvalue weighted by Crippen LogP contribution is 2.10. The predicted octanol–water partition coefficient (Wildman–Crippen LogP) is 3.31. The van der Waals surface area contributed by atoms with Gasteiger partial charge in [-0.2, -0.15) is 0 Å². The summed E-state index contributed by atoms with van der Waals surface area (Å²) in [5.41, 5.74) is 0. The molecule has 1 heterocycles. The second-order valence-corrected chi connectivity index (χ2v) is 7.11. The average molecular weight is 210 g/mol. The van der Waals surface area contributed by atoms with E-state index in [0.717, 1.165) is 0 Å². The zero-order valence-corrected chi connectivity index (χ0v) is 10.6. The first-order valence-corrected chi connectivity index (χ1v) is 8.12. The Bertz CT molecular complexity index is 210. The lowest BCUT2D eigenvalue weighted by molar-refractivity contribution is 0.597. The summed E-state index contributed by atoms with van der Waals surface area (Å²) in [6.07, 6.45) is 7.21. The first-order chi connectivity index (χ1) is 6.88. The monoisotopic (exact) mass is 210 g/mol. The van der Waals surface area contributed by atoms with Crippen LogP contribution in [0.5, 0.6) is 0 Å². The largest absolute Gasteiger partial charge is 0.475 e. The Morgan fingerprint density at radius 1 is 1.14 bits per heavy atom. The number of furan rings is 1. The van der Waals surface area contributed by atoms with E-state index in [1.165, 1.54) is 43.2 Å². The maximum absolute atomic E-state index is 5.55. The Balaban J connectivity index is 2.44. The van der Waals surface area contributed by atoms with Crippen molar-refractivity contribution in [3.8, 4) is 0 Å². The number of hydrogen-bond donors (Lipinski definition) is 0. The molecule has 0 unspecified atom stereocenters. The van der Waals surface area contributed by atoms with E-state index in [-0.39, 0.29) is 0 Å². The van der Waals surface area contributed by atoms with Crippen molar-refractivity contribution in [2.75, 3.05) is 0 Å². The molecule has 0 N–H and O–H groups in total. The van der Waals surface area contributed by atoms with E-state index in [1.807, 2.05) is 12.3 Å². The second-order valence-electron chi connectivity index (χ2n) is 4.00. The van der Waals surface area contributed by atoms with Crippen LogP contribution in [0.25, 0.3) is 0 Å². The first kappa shape index (κ1) is 11.6. The zero-order valence-electron chi connectivity index (χ0n) is 9.46. The lowest BCUT2D eigenvalue weighted by atomic mass is 10.4. The van der Waals surface area contributed by atoms with Crippen LogP contribution in [0.3, 0.4) is 0 Å². The Morgan fingerprint density at radius 3 is 2.21 bits per heavy atom. The predicted molar refractivity (Wildman–Crippen MR) is 64.9 cm³/mol. The van der Waals surface area contributed by atoms with Crippen LogP contribution in [-0.2, 0) is 0 Å². The Kier molecular flexibility index (Phi) is 5.68. The third-order valence-corrected chi connectivity index (χ3v) is 6.10. The molecule has 0 fully saturated rings. The molecule has 1 rings (SSSR count). The number of unbranched alkanes of at least 4 members (excludes halogenated alkanes) is 2. The van der Waals surface area contributed by atoms with Gasteiger partial charge in [-0.3, -0.25) is 0 Å². The quantitative estimate of drug-likeness (QED) is 0.629. The van der Waals surface area contributed by atoms with Gasteiger partial charge in [0, 0.05) is 0 Å². The van der Waals surface area contributed by atoms with Gasteiger partial charge in [0.15, 0.2) is 0 Å². The lowest BCUT2D eigenvalue weighted by Crippen LogP contribution is -2.28. The molecule has 0 aliphatic carbocycles. The maximum Gasteiger partial charge on any atom is 0.116 e. The fourth-order valence-electron chi connectivity index (χ4n) is 1.85. The molecular formula is C12H22OSi. The van der Waals surface area contributed by atoms with Crippen LogP contribution >= 0.6 is 0 Å². The van der Waals surface area contributed by atoms with E-state index in [0.29, 0.717) is 0 Å². The van der Waals surface area contributed by atoms with Crippen LogP contribution in [-0.4, -0.2) is 8.80 Å². The van der Waals surface area contributed by atoms with Gasteiger partial charge in [0.2, 0.25) is 0 Å². The molecular weight excluding hydrogens is 188 g/mol. The van der Waals surface area contributed by atoms with Crippen LogP contribution in [0.1, 0.15) is 39.5 Å². The van der Waals surface area contributed by atoms with E-state index in [1.54, 1.807) is 0 Å². The molecule has 1 nitrogen and oxygen atoms in total. The third kappa shape index (κ3) is 3.70. The summed E-state index contributed by atoms with van der Waals surface area (Å²) in [6, 6.07) is 7.06. The summed E-state index contributed by atoms with van der Waals surface area (Å²) < 4.78 is 5.55. The summed E-state index contributed by atoms with van der Waals surface area (Å²) in [5.74, 6) is 0. The number of hydrogen-bond acceptors (Lipinski definition) is 1. The van der Waals surface area contributed by atoms with Crippen LogP contribution < -0.4 is 5.38 Å². The highest BCUT2D eigenvalue weighted by Gasteiger charge is 2.14. The van der Waals surface area contributed by atoms with Gasteiger partial charge >= 0.3 is 0 Å². The minimum Gasteiger partial charge on any atom is -0.475 e. The van der Waals surface area contributed by atoms with Crippen molar-refractivity contribution in [3.05, 3.63) is 18.4 Å². The lowest BCUT2D eigenvalue weighted by Gasteiger charge is -2.11. The fourth-order valence-corrected chi connectivity index (χ4v) is 5.17. The molecule has 0 aromatic carbocycles. The molecule has 0 saturated heterocycles. The van der Waals surface area contributed by atoms with Crippen LogP contribution in [0.15, 0.2) is 22.8 Å². The van der Waals surface area contributed by atoms with E-state index in [4.69, 9.17) is 4.42 Å². The topological polar surface area (TPSA) is 13.1 Å². The van der Waals surface area contributed by atoms with E-state index >= 15 is 0 Å². The van der Waals surface area contributed by atoms with E-state index in [2.05, 4.69) is 19.9 Å². The molecule has 1 aromatic heterocycles. The second kappa shape index (κ2) is 6.88. The zero-order chi connectivity index (χ0) is 10.2. The molecule has 0 aliphatic rings. The molecule has 0 bridgehead atoms. The van der Waals surface area contributed by atoms with Crippen molar-refractivity contribution in [2.45, 2.75) is 51.6 Å². The highest BCUT2D eigenvalue weighted by atomic mass is 28.3. The first-order valence-electron chi connectivity index (χ1n) is 5.91. The van der Waals surface area contributed by atoms with Crippen molar-refractivity contribution in [1.29, 1.82) is 0 Å². The normalized spacial score (nSPS) is 11.1. The SMILES string of the molecule is CCCC[SiH](CCCC)c1ccco1. The van der Waals surface area contributed by atoms with E-state index in [9.17, 15) is 0 Å². The van der Waals surface area contributed by atoms with Crippen molar-refractivity contribution < 1.29 is 4.42 Å². The molecule has 0 saturated carbocycles. The van der Waals surface area contributed by atoms with Crippen molar-refractivity contribution in [3.63, 3.8) is 0 Å². The molecule has 0 spiro atoms. The minimum atomic E-state index is -0.745. The summed E-state index contributed by atoms with van der Waals surface area (Å²) in [6.45, 7) is 4.54. The molecule has 2 heteroatoms. The Morgan fingerprint density at radius 2 is 1.79 bits per heavy atom. The van der Waals surface area contributed by atoms with Gasteiger partial charge in [0.25, 0.3) is 0 Å². The molecule has 14 heavy (non-hydrogen) atoms. The molecule has 0 radical (unpaired) electrons.